The van der Waals surface area contributed by atoms with Crippen molar-refractivity contribution in [2.24, 2.45) is 5.73 Å². The van der Waals surface area contributed by atoms with Gasteiger partial charge >= 0.3 is 0 Å². The molecule has 1 saturated carbocycles. The number of halogens is 4. The lowest BCUT2D eigenvalue weighted by atomic mass is 9.92. The van der Waals surface area contributed by atoms with Crippen LogP contribution in [0.2, 0.25) is 5.02 Å². The first-order valence-corrected chi connectivity index (χ1v) is 9.64. The average Bonchev–Trinajstić information content (AvgIpc) is 2.69. The minimum Gasteiger partial charge on any atom is -0.367 e. The molecule has 0 amide bonds. The monoisotopic (exact) mass is 487 g/mol. The fraction of sp³-hybridized carbons (Fsp3) is 0.286. The van der Waals surface area contributed by atoms with E-state index in [-0.39, 0.29) is 37.2 Å². The van der Waals surface area contributed by atoms with E-state index in [1.165, 1.54) is 0 Å². The fourth-order valence-corrected chi connectivity index (χ4v) is 3.57. The van der Waals surface area contributed by atoms with E-state index in [0.717, 1.165) is 48.1 Å². The average molecular weight is 489 g/mol. The molecule has 0 unspecified atom stereocenters. The van der Waals surface area contributed by atoms with Gasteiger partial charge in [0.1, 0.15) is 5.82 Å². The van der Waals surface area contributed by atoms with Crippen molar-refractivity contribution in [1.29, 1.82) is 0 Å². The van der Waals surface area contributed by atoms with Gasteiger partial charge in [0.2, 0.25) is 0 Å². The Morgan fingerprint density at radius 1 is 0.967 bits per heavy atom. The molecule has 0 aliphatic heterocycles. The number of aromatic nitrogens is 3. The highest BCUT2D eigenvalue weighted by atomic mass is 35.5. The first kappa shape index (κ1) is 26.4. The molecule has 9 heteroatoms. The van der Waals surface area contributed by atoms with Crippen LogP contribution < -0.4 is 11.1 Å². The van der Waals surface area contributed by atoms with Crippen LogP contribution in [-0.2, 0) is 0 Å². The summed E-state index contributed by atoms with van der Waals surface area (Å²) >= 11 is 6.21. The minimum atomic E-state index is 0. The molecule has 3 N–H and O–H groups in total. The van der Waals surface area contributed by atoms with Gasteiger partial charge in [-0.05, 0) is 68.2 Å². The Kier molecular flexibility index (Phi) is 10.8. The Labute approximate surface area is 200 Å². The molecule has 1 aliphatic carbocycles. The van der Waals surface area contributed by atoms with Crippen LogP contribution in [-0.4, -0.2) is 27.0 Å². The summed E-state index contributed by atoms with van der Waals surface area (Å²) in [6.45, 7) is 0. The summed E-state index contributed by atoms with van der Waals surface area (Å²) in [4.78, 5) is 13.7. The van der Waals surface area contributed by atoms with Gasteiger partial charge in [-0.2, -0.15) is 0 Å². The van der Waals surface area contributed by atoms with Crippen LogP contribution in [0.15, 0.2) is 42.6 Å². The molecular weight excluding hydrogens is 464 g/mol. The molecule has 162 valence electrons. The van der Waals surface area contributed by atoms with Crippen molar-refractivity contribution in [3.63, 3.8) is 0 Å². The second-order valence-corrected chi connectivity index (χ2v) is 7.37. The van der Waals surface area contributed by atoms with Crippen molar-refractivity contribution >= 4 is 77.7 Å². The summed E-state index contributed by atoms with van der Waals surface area (Å²) in [5, 5.41) is 5.21. The first-order chi connectivity index (χ1) is 13.2. The Morgan fingerprint density at radius 2 is 1.73 bits per heavy atom. The van der Waals surface area contributed by atoms with Gasteiger partial charge in [-0.3, -0.25) is 4.98 Å². The molecule has 4 rings (SSSR count). The number of pyridine rings is 1. The number of anilines is 1. The van der Waals surface area contributed by atoms with Crippen LogP contribution in [0.4, 0.5) is 5.82 Å². The number of rotatable bonds is 4. The zero-order valence-electron chi connectivity index (χ0n) is 16.2. The molecule has 2 aromatic heterocycles. The summed E-state index contributed by atoms with van der Waals surface area (Å²) in [5.41, 5.74) is 7.77. The molecule has 5 nitrogen and oxygen atoms in total. The smallest absolute Gasteiger partial charge is 0.155 e. The molecule has 0 bridgehead atoms. The van der Waals surface area contributed by atoms with E-state index in [1.54, 1.807) is 6.20 Å². The molecule has 1 fully saturated rings. The molecule has 0 atom stereocenters. The quantitative estimate of drug-likeness (QED) is 0.485. The van der Waals surface area contributed by atoms with Crippen molar-refractivity contribution in [3.8, 4) is 0 Å². The zero-order chi connectivity index (χ0) is 18.6. The third-order valence-electron chi connectivity index (χ3n) is 4.88. The maximum atomic E-state index is 6.21. The summed E-state index contributed by atoms with van der Waals surface area (Å²) in [6.07, 6.45) is 9.74. The molecule has 2 heterocycles. The normalized spacial score (nSPS) is 18.2. The Balaban J connectivity index is 0.00000150. The summed E-state index contributed by atoms with van der Waals surface area (Å²) in [5.74, 6) is 1.47. The number of hydrogen-bond acceptors (Lipinski definition) is 5. The first-order valence-electron chi connectivity index (χ1n) is 9.26. The minimum absolute atomic E-state index is 0. The van der Waals surface area contributed by atoms with E-state index in [4.69, 9.17) is 22.3 Å². The summed E-state index contributed by atoms with van der Waals surface area (Å²) in [7, 11) is 0. The van der Waals surface area contributed by atoms with Gasteiger partial charge in [0.05, 0.1) is 11.2 Å². The Bertz CT molecular complexity index is 960. The predicted molar refractivity (Wildman–Crippen MR) is 133 cm³/mol. The number of nitrogens with two attached hydrogens (primary N) is 1. The lowest BCUT2D eigenvalue weighted by Crippen LogP contribution is -2.33. The Morgan fingerprint density at radius 3 is 2.43 bits per heavy atom. The lowest BCUT2D eigenvalue weighted by Gasteiger charge is -2.27. The molecule has 1 aliphatic rings. The van der Waals surface area contributed by atoms with Gasteiger partial charge < -0.3 is 11.1 Å². The van der Waals surface area contributed by atoms with Crippen molar-refractivity contribution in [3.05, 3.63) is 59.1 Å². The fourth-order valence-electron chi connectivity index (χ4n) is 3.39. The number of nitrogens with one attached hydrogen (secondary N) is 1. The van der Waals surface area contributed by atoms with Gasteiger partial charge in [0.25, 0.3) is 0 Å². The molecule has 0 spiro atoms. The second-order valence-electron chi connectivity index (χ2n) is 6.94. The van der Waals surface area contributed by atoms with Gasteiger partial charge in [-0.15, -0.1) is 37.2 Å². The van der Waals surface area contributed by atoms with Crippen LogP contribution in [0.3, 0.4) is 0 Å². The van der Waals surface area contributed by atoms with E-state index < -0.39 is 0 Å². The second kappa shape index (κ2) is 12.3. The van der Waals surface area contributed by atoms with Gasteiger partial charge in [0, 0.05) is 28.7 Å². The number of hydrogen-bond donors (Lipinski definition) is 2. The number of benzene rings is 1. The van der Waals surface area contributed by atoms with Gasteiger partial charge in [-0.25, -0.2) is 9.97 Å². The Hall–Kier alpha value is -1.63. The molecule has 1 aromatic carbocycles. The maximum Gasteiger partial charge on any atom is 0.155 e. The van der Waals surface area contributed by atoms with Crippen molar-refractivity contribution in [2.75, 3.05) is 5.32 Å². The molecule has 0 saturated heterocycles. The lowest BCUT2D eigenvalue weighted by molar-refractivity contribution is 0.410. The SMILES string of the molecule is Cl.Cl.Cl.NC1CCC(Nc2nc(/C=C/c3ccccn3)nc3ccc(Cl)cc23)CC1. The van der Waals surface area contributed by atoms with E-state index in [0.29, 0.717) is 22.9 Å². The summed E-state index contributed by atoms with van der Waals surface area (Å²) in [6, 6.07) is 12.2. The van der Waals surface area contributed by atoms with Crippen molar-refractivity contribution in [2.45, 2.75) is 37.8 Å². The molecular formula is C21H25Cl4N5. The number of fused-ring (bicyclic) bond motifs is 1. The molecule has 3 aromatic rings. The van der Waals surface area contributed by atoms with Gasteiger partial charge in [0.15, 0.2) is 5.82 Å². The summed E-state index contributed by atoms with van der Waals surface area (Å²) < 4.78 is 0. The highest BCUT2D eigenvalue weighted by Gasteiger charge is 2.20. The van der Waals surface area contributed by atoms with Crippen molar-refractivity contribution in [1.82, 2.24) is 15.0 Å². The predicted octanol–water partition coefficient (Wildman–Crippen LogP) is 5.80. The van der Waals surface area contributed by atoms with Crippen molar-refractivity contribution < 1.29 is 0 Å². The standard InChI is InChI=1S/C21H22ClN5.3ClH/c22-14-4-10-19-18(13-14)21(25-17-7-5-15(23)6-8-17)27-20(26-19)11-9-16-3-1-2-12-24-16;;;/h1-4,9-13,15,17H,5-8,23H2,(H,25,26,27);3*1H/b11-9+;;;. The van der Waals surface area contributed by atoms with E-state index in [2.05, 4.69) is 15.3 Å². The molecule has 0 radical (unpaired) electrons. The van der Waals surface area contributed by atoms with Gasteiger partial charge in [-0.1, -0.05) is 17.7 Å². The van der Waals surface area contributed by atoms with E-state index >= 15 is 0 Å². The third-order valence-corrected chi connectivity index (χ3v) is 5.11. The van der Waals surface area contributed by atoms with E-state index in [1.807, 2.05) is 48.6 Å². The highest BCUT2D eigenvalue weighted by molar-refractivity contribution is 6.31. The van der Waals surface area contributed by atoms with Crippen LogP contribution >= 0.6 is 48.8 Å². The number of nitrogens with zero attached hydrogens (tertiary/aromatic N) is 3. The maximum absolute atomic E-state index is 6.21. The molecule has 30 heavy (non-hydrogen) atoms. The zero-order valence-corrected chi connectivity index (χ0v) is 19.4. The van der Waals surface area contributed by atoms with Crippen LogP contribution in [0.1, 0.15) is 37.2 Å². The highest BCUT2D eigenvalue weighted by Crippen LogP contribution is 2.27. The largest absolute Gasteiger partial charge is 0.367 e. The van der Waals surface area contributed by atoms with Crippen LogP contribution in [0.25, 0.3) is 23.1 Å². The third kappa shape index (κ3) is 6.69. The van der Waals surface area contributed by atoms with Crippen LogP contribution in [0.5, 0.6) is 0 Å². The van der Waals surface area contributed by atoms with E-state index in [9.17, 15) is 0 Å². The topological polar surface area (TPSA) is 76.7 Å². The van der Waals surface area contributed by atoms with Crippen LogP contribution in [0, 0.1) is 0 Å².